The summed E-state index contributed by atoms with van der Waals surface area (Å²) >= 11 is 0. The third-order valence-corrected chi connectivity index (χ3v) is 6.84. The molecule has 0 unspecified atom stereocenters. The van der Waals surface area contributed by atoms with Crippen molar-refractivity contribution >= 4 is 21.0 Å². The van der Waals surface area contributed by atoms with Gasteiger partial charge in [0.2, 0.25) is 0 Å². The van der Waals surface area contributed by atoms with Crippen molar-refractivity contribution in [2.24, 2.45) is 0 Å². The smallest absolute Gasteiger partial charge is 0.180 e. The number of aromatic hydroxyl groups is 1. The molecule has 0 aliphatic rings. The lowest BCUT2D eigenvalue weighted by Crippen LogP contribution is -2.13. The molecule has 2 heterocycles. The fourth-order valence-electron chi connectivity index (χ4n) is 3.02. The molecule has 4 aromatic rings. The van der Waals surface area contributed by atoms with Crippen LogP contribution in [-0.4, -0.2) is 33.7 Å². The van der Waals surface area contributed by atoms with Crippen LogP contribution in [0.25, 0.3) is 33.5 Å². The maximum atomic E-state index is 12.3. The van der Waals surface area contributed by atoms with E-state index in [1.165, 1.54) is 0 Å². The fourth-order valence-corrected chi connectivity index (χ4v) is 4.08. The number of sulfone groups is 1. The van der Waals surface area contributed by atoms with Crippen LogP contribution in [-0.2, 0) is 9.84 Å². The van der Waals surface area contributed by atoms with Crippen LogP contribution < -0.4 is 0 Å². The summed E-state index contributed by atoms with van der Waals surface area (Å²) in [5, 5.41) is 9.68. The van der Waals surface area contributed by atoms with Gasteiger partial charge >= 0.3 is 0 Å². The summed E-state index contributed by atoms with van der Waals surface area (Å²) in [5.74, 6) is 0.166. The summed E-state index contributed by atoms with van der Waals surface area (Å²) < 4.78 is 24.6. The van der Waals surface area contributed by atoms with Gasteiger partial charge in [-0.05, 0) is 32.0 Å². The summed E-state index contributed by atoms with van der Waals surface area (Å²) in [7, 11) is -3.32. The van der Waals surface area contributed by atoms with Gasteiger partial charge in [-0.2, -0.15) is 0 Å². The lowest BCUT2D eigenvalue weighted by atomic mass is 10.1. The summed E-state index contributed by atoms with van der Waals surface area (Å²) in [6, 6.07) is 13.7. The van der Waals surface area contributed by atoms with Crippen LogP contribution in [0.15, 0.2) is 65.8 Å². The quantitative estimate of drug-likeness (QED) is 0.533. The van der Waals surface area contributed by atoms with Crippen LogP contribution in [0, 0.1) is 0 Å². The normalized spacial score (nSPS) is 12.0. The number of aromatic nitrogens is 3. The number of hydrogen-bond acceptors (Lipinski definition) is 5. The molecule has 0 aliphatic carbocycles. The summed E-state index contributed by atoms with van der Waals surface area (Å²) in [5.41, 5.74) is 4.05. The Labute approximate surface area is 164 Å². The predicted octanol–water partition coefficient (Wildman–Crippen LogP) is 4.43. The van der Waals surface area contributed by atoms with Gasteiger partial charge in [0.1, 0.15) is 11.3 Å². The van der Waals surface area contributed by atoms with Crippen LogP contribution in [0.2, 0.25) is 0 Å². The topological polar surface area (TPSA) is 95.9 Å². The molecule has 0 fully saturated rings. The summed E-state index contributed by atoms with van der Waals surface area (Å²) in [4.78, 5) is 12.5. The third kappa shape index (κ3) is 3.03. The molecule has 7 heteroatoms. The van der Waals surface area contributed by atoms with Gasteiger partial charge in [0.05, 0.1) is 22.0 Å². The molecule has 0 atom stereocenters. The molecule has 0 aliphatic heterocycles. The number of nitrogens with one attached hydrogen (secondary N) is 1. The van der Waals surface area contributed by atoms with E-state index in [1.54, 1.807) is 62.6 Å². The average Bonchev–Trinajstić information content (AvgIpc) is 3.11. The largest absolute Gasteiger partial charge is 0.507 e. The Morgan fingerprint density at radius 2 is 1.75 bits per heavy atom. The van der Waals surface area contributed by atoms with Gasteiger partial charge in [-0.15, -0.1) is 0 Å². The van der Waals surface area contributed by atoms with Crippen molar-refractivity contribution in [2.45, 2.75) is 24.0 Å². The highest BCUT2D eigenvalue weighted by atomic mass is 32.2. The maximum Gasteiger partial charge on any atom is 0.180 e. The average molecular weight is 395 g/mol. The van der Waals surface area contributed by atoms with Gasteiger partial charge in [0.15, 0.2) is 15.5 Å². The first kappa shape index (κ1) is 18.2. The Hall–Kier alpha value is -3.19. The van der Waals surface area contributed by atoms with Crippen molar-refractivity contribution in [3.05, 3.63) is 60.9 Å². The van der Waals surface area contributed by atoms with E-state index in [-0.39, 0.29) is 12.1 Å². The van der Waals surface area contributed by atoms with E-state index in [2.05, 4.69) is 9.97 Å². The first-order valence-electron chi connectivity index (χ1n) is 8.85. The molecule has 0 amide bonds. The highest BCUT2D eigenvalue weighted by molar-refractivity contribution is 7.92. The highest BCUT2D eigenvalue weighted by Gasteiger charge is 2.19. The van der Waals surface area contributed by atoms with Crippen molar-refractivity contribution < 1.29 is 15.0 Å². The molecule has 0 spiro atoms. The zero-order chi connectivity index (χ0) is 19.9. The molecule has 2 aromatic heterocycles. The lowest BCUT2D eigenvalue weighted by Gasteiger charge is -2.08. The SMILES string of the molecule is CC(C)S(=O)(=O)c1ccc(-c2cnc3[nH]cc(-c4ccccc4O)c3n2)cc1.[HH]. The second-order valence-electron chi connectivity index (χ2n) is 6.79. The monoisotopic (exact) mass is 395 g/mol. The van der Waals surface area contributed by atoms with Gasteiger partial charge in [-0.25, -0.2) is 18.4 Å². The molecule has 2 aromatic carbocycles. The van der Waals surface area contributed by atoms with Gasteiger partial charge in [0, 0.05) is 24.3 Å². The first-order chi connectivity index (χ1) is 13.4. The molecule has 0 radical (unpaired) electrons. The highest BCUT2D eigenvalue weighted by Crippen LogP contribution is 2.33. The number of fused-ring (bicyclic) bond motifs is 1. The number of aromatic amines is 1. The van der Waals surface area contributed by atoms with E-state index < -0.39 is 15.1 Å². The van der Waals surface area contributed by atoms with Crippen LogP contribution in [0.4, 0.5) is 0 Å². The predicted molar refractivity (Wildman–Crippen MR) is 111 cm³/mol. The van der Waals surface area contributed by atoms with Gasteiger partial charge in [-0.1, -0.05) is 30.3 Å². The van der Waals surface area contributed by atoms with Crippen molar-refractivity contribution in [3.8, 4) is 28.1 Å². The molecule has 0 saturated carbocycles. The molecule has 6 nitrogen and oxygen atoms in total. The molecule has 144 valence electrons. The summed E-state index contributed by atoms with van der Waals surface area (Å²) in [6.45, 7) is 3.32. The van der Waals surface area contributed by atoms with E-state index in [0.29, 0.717) is 22.4 Å². The zero-order valence-corrected chi connectivity index (χ0v) is 16.2. The number of phenolic OH excluding ortho intramolecular Hbond substituents is 1. The van der Waals surface area contributed by atoms with Crippen molar-refractivity contribution in [2.75, 3.05) is 0 Å². The Morgan fingerprint density at radius 3 is 2.43 bits per heavy atom. The maximum absolute atomic E-state index is 12.3. The number of rotatable bonds is 4. The Balaban J connectivity index is 0.00000240. The number of phenols is 1. The number of hydrogen-bond donors (Lipinski definition) is 2. The Kier molecular flexibility index (Phi) is 4.39. The molecule has 0 saturated heterocycles. The number of para-hydroxylation sites is 1. The molecule has 2 N–H and O–H groups in total. The van der Waals surface area contributed by atoms with E-state index in [4.69, 9.17) is 4.98 Å². The second kappa shape index (κ2) is 6.76. The zero-order valence-electron chi connectivity index (χ0n) is 15.4. The van der Waals surface area contributed by atoms with Crippen LogP contribution in [0.5, 0.6) is 5.75 Å². The third-order valence-electron chi connectivity index (χ3n) is 4.67. The molecule has 0 bridgehead atoms. The van der Waals surface area contributed by atoms with Crippen molar-refractivity contribution in [1.82, 2.24) is 15.0 Å². The van der Waals surface area contributed by atoms with Crippen LogP contribution >= 0.6 is 0 Å². The van der Waals surface area contributed by atoms with E-state index in [9.17, 15) is 13.5 Å². The van der Waals surface area contributed by atoms with Gasteiger partial charge in [0.25, 0.3) is 0 Å². The van der Waals surface area contributed by atoms with Crippen LogP contribution in [0.1, 0.15) is 15.3 Å². The number of nitrogens with zero attached hydrogens (tertiary/aromatic N) is 2. The van der Waals surface area contributed by atoms with Crippen molar-refractivity contribution in [1.29, 1.82) is 0 Å². The second-order valence-corrected chi connectivity index (χ2v) is 9.29. The molecular formula is C21H21N3O3S. The van der Waals surface area contributed by atoms with Crippen LogP contribution in [0.3, 0.4) is 0 Å². The Morgan fingerprint density at radius 1 is 1.04 bits per heavy atom. The minimum Gasteiger partial charge on any atom is -0.507 e. The fraction of sp³-hybridized carbons (Fsp3) is 0.143. The van der Waals surface area contributed by atoms with E-state index >= 15 is 0 Å². The number of benzene rings is 2. The minimum absolute atomic E-state index is 0. The van der Waals surface area contributed by atoms with Gasteiger partial charge < -0.3 is 10.1 Å². The molecule has 28 heavy (non-hydrogen) atoms. The lowest BCUT2D eigenvalue weighted by molar-refractivity contribution is 0.477. The Bertz CT molecular complexity index is 1270. The van der Waals surface area contributed by atoms with E-state index in [0.717, 1.165) is 11.1 Å². The molecular weight excluding hydrogens is 374 g/mol. The van der Waals surface area contributed by atoms with Gasteiger partial charge in [-0.3, -0.25) is 0 Å². The van der Waals surface area contributed by atoms with Crippen molar-refractivity contribution in [3.63, 3.8) is 0 Å². The van der Waals surface area contributed by atoms with E-state index in [1.807, 2.05) is 12.1 Å². The molecule has 4 rings (SSSR count). The summed E-state index contributed by atoms with van der Waals surface area (Å²) in [6.07, 6.45) is 3.40. The first-order valence-corrected chi connectivity index (χ1v) is 10.4. The minimum atomic E-state index is -3.32. The standard InChI is InChI=1S/C21H19N3O3S.H2/c1-13(2)28(26,27)15-9-7-14(8-10-15)18-12-23-21-20(24-18)17(11-22-21)16-5-3-4-6-19(16)25;/h3-13,25H,1-2H3,(H,22,23);1H. The number of H-pyrrole nitrogens is 1.